The van der Waals surface area contributed by atoms with Crippen LogP contribution in [0.2, 0.25) is 0 Å². The summed E-state index contributed by atoms with van der Waals surface area (Å²) in [6.07, 6.45) is -5.06. The van der Waals surface area contributed by atoms with Gasteiger partial charge in [0.1, 0.15) is 11.4 Å². The topological polar surface area (TPSA) is 38.8 Å². The molecule has 0 atom stereocenters. The van der Waals surface area contributed by atoms with Gasteiger partial charge in [0.05, 0.1) is 0 Å². The average Bonchev–Trinajstić information content (AvgIpc) is 2.24. The van der Waals surface area contributed by atoms with Crippen molar-refractivity contribution >= 4 is 6.09 Å². The van der Waals surface area contributed by atoms with Crippen LogP contribution in [-0.2, 0) is 4.74 Å². The molecule has 0 saturated carbocycles. The lowest BCUT2D eigenvalue weighted by molar-refractivity contribution is -0.274. The quantitative estimate of drug-likeness (QED) is 0.830. The predicted octanol–water partition coefficient (Wildman–Crippen LogP) is 3.92. The summed E-state index contributed by atoms with van der Waals surface area (Å²) < 4.78 is 45.3. The van der Waals surface area contributed by atoms with Crippen molar-refractivity contribution in [3.05, 3.63) is 29.8 Å². The number of ether oxygens (including phenoxy) is 2. The van der Waals surface area contributed by atoms with Crippen molar-refractivity contribution in [3.63, 3.8) is 0 Å². The molecular weight excluding hydrogens is 299 g/mol. The zero-order valence-electron chi connectivity index (χ0n) is 12.6. The van der Waals surface area contributed by atoms with Crippen molar-refractivity contribution in [2.45, 2.75) is 38.7 Å². The average molecular weight is 317 g/mol. The van der Waals surface area contributed by atoms with Crippen molar-refractivity contribution in [1.29, 1.82) is 0 Å². The maximum absolute atomic E-state index is 12.1. The summed E-state index contributed by atoms with van der Waals surface area (Å²) in [6.45, 7) is 6.37. The third-order valence-corrected chi connectivity index (χ3v) is 3.12. The maximum Gasteiger partial charge on any atom is 0.573 e. The number of alkyl halides is 3. The number of likely N-dealkylation sites (tertiary alicyclic amines) is 1. The fourth-order valence-corrected chi connectivity index (χ4v) is 2.11. The van der Waals surface area contributed by atoms with E-state index in [1.54, 1.807) is 37.8 Å². The number of rotatable bonds is 2. The maximum atomic E-state index is 12.1. The van der Waals surface area contributed by atoms with Crippen molar-refractivity contribution < 1.29 is 27.4 Å². The van der Waals surface area contributed by atoms with Crippen LogP contribution in [0.25, 0.3) is 0 Å². The van der Waals surface area contributed by atoms with Gasteiger partial charge in [0, 0.05) is 19.0 Å². The lowest BCUT2D eigenvalue weighted by Gasteiger charge is -2.40. The van der Waals surface area contributed by atoms with Crippen LogP contribution < -0.4 is 4.74 Å². The minimum Gasteiger partial charge on any atom is -0.444 e. The second-order valence-corrected chi connectivity index (χ2v) is 6.20. The second kappa shape index (κ2) is 5.70. The number of hydrogen-bond donors (Lipinski definition) is 0. The van der Waals surface area contributed by atoms with E-state index < -0.39 is 12.0 Å². The van der Waals surface area contributed by atoms with E-state index in [1.807, 2.05) is 0 Å². The first kappa shape index (κ1) is 16.5. The zero-order valence-corrected chi connectivity index (χ0v) is 12.6. The first-order valence-corrected chi connectivity index (χ1v) is 6.87. The Balaban J connectivity index is 1.87. The minimum atomic E-state index is -4.69. The highest BCUT2D eigenvalue weighted by atomic mass is 19.4. The van der Waals surface area contributed by atoms with Gasteiger partial charge in [-0.3, -0.25) is 0 Å². The number of nitrogens with zero attached hydrogens (tertiary/aromatic N) is 1. The molecule has 1 aliphatic rings. The molecule has 22 heavy (non-hydrogen) atoms. The Morgan fingerprint density at radius 2 is 1.68 bits per heavy atom. The van der Waals surface area contributed by atoms with Crippen LogP contribution in [0.1, 0.15) is 32.3 Å². The fraction of sp³-hybridized carbons (Fsp3) is 0.533. The number of carbonyl (C=O) groups is 1. The summed E-state index contributed by atoms with van der Waals surface area (Å²) in [7, 11) is 0. The molecule has 1 saturated heterocycles. The van der Waals surface area contributed by atoms with Crippen molar-refractivity contribution in [3.8, 4) is 5.75 Å². The normalized spacial score (nSPS) is 16.2. The van der Waals surface area contributed by atoms with Crippen LogP contribution in [0, 0.1) is 0 Å². The summed E-state index contributed by atoms with van der Waals surface area (Å²) in [6, 6.07) is 5.72. The van der Waals surface area contributed by atoms with Crippen LogP contribution in [0.15, 0.2) is 24.3 Å². The number of amides is 1. The van der Waals surface area contributed by atoms with Gasteiger partial charge in [0.2, 0.25) is 0 Å². The Kier molecular flexibility index (Phi) is 4.26. The molecule has 7 heteroatoms. The van der Waals surface area contributed by atoms with Gasteiger partial charge in [0.15, 0.2) is 0 Å². The van der Waals surface area contributed by atoms with Gasteiger partial charge in [0.25, 0.3) is 0 Å². The van der Waals surface area contributed by atoms with E-state index >= 15 is 0 Å². The van der Waals surface area contributed by atoms with E-state index in [0.29, 0.717) is 13.1 Å². The Morgan fingerprint density at radius 1 is 1.14 bits per heavy atom. The van der Waals surface area contributed by atoms with E-state index in [2.05, 4.69) is 4.74 Å². The molecule has 0 aromatic heterocycles. The molecule has 1 amide bonds. The van der Waals surface area contributed by atoms with Crippen LogP contribution in [0.4, 0.5) is 18.0 Å². The van der Waals surface area contributed by atoms with Crippen LogP contribution in [0.3, 0.4) is 0 Å². The van der Waals surface area contributed by atoms with Gasteiger partial charge < -0.3 is 14.4 Å². The lowest BCUT2D eigenvalue weighted by atomic mass is 9.92. The van der Waals surface area contributed by atoms with Gasteiger partial charge in [-0.15, -0.1) is 13.2 Å². The van der Waals surface area contributed by atoms with Gasteiger partial charge in [-0.25, -0.2) is 4.79 Å². The Morgan fingerprint density at radius 3 is 2.14 bits per heavy atom. The zero-order chi connectivity index (χ0) is 16.5. The molecule has 1 heterocycles. The summed E-state index contributed by atoms with van der Waals surface area (Å²) in [4.78, 5) is 13.4. The SMILES string of the molecule is CC(C)(C)OC(=O)N1CC(c2ccc(OC(F)(F)F)cc2)C1. The van der Waals surface area contributed by atoms with Crippen molar-refractivity contribution in [2.24, 2.45) is 0 Å². The summed E-state index contributed by atoms with van der Waals surface area (Å²) in [5.41, 5.74) is 0.327. The van der Waals surface area contributed by atoms with Crippen molar-refractivity contribution in [1.82, 2.24) is 4.90 Å². The van der Waals surface area contributed by atoms with Crippen molar-refractivity contribution in [2.75, 3.05) is 13.1 Å². The number of benzene rings is 1. The summed E-state index contributed by atoms with van der Waals surface area (Å²) in [5.74, 6) is -0.146. The highest BCUT2D eigenvalue weighted by Crippen LogP contribution is 2.30. The van der Waals surface area contributed by atoms with Gasteiger partial charge in [-0.1, -0.05) is 12.1 Å². The van der Waals surface area contributed by atoms with Gasteiger partial charge in [-0.05, 0) is 38.5 Å². The summed E-state index contributed by atoms with van der Waals surface area (Å²) in [5, 5.41) is 0. The molecule has 0 N–H and O–H groups in total. The smallest absolute Gasteiger partial charge is 0.444 e. The second-order valence-electron chi connectivity index (χ2n) is 6.20. The van der Waals surface area contributed by atoms with E-state index in [0.717, 1.165) is 5.56 Å². The highest BCUT2D eigenvalue weighted by Gasteiger charge is 2.35. The molecule has 4 nitrogen and oxygen atoms in total. The molecule has 0 bridgehead atoms. The van der Waals surface area contributed by atoms with E-state index in [1.165, 1.54) is 12.1 Å². The Hall–Kier alpha value is -1.92. The molecule has 122 valence electrons. The monoisotopic (exact) mass is 317 g/mol. The first-order valence-electron chi connectivity index (χ1n) is 6.87. The van der Waals surface area contributed by atoms with Crippen LogP contribution >= 0.6 is 0 Å². The molecule has 2 rings (SSSR count). The van der Waals surface area contributed by atoms with E-state index in [9.17, 15) is 18.0 Å². The molecule has 0 radical (unpaired) electrons. The Bertz CT molecular complexity index is 528. The number of hydrogen-bond acceptors (Lipinski definition) is 3. The molecular formula is C15H18F3NO3. The van der Waals surface area contributed by atoms with Gasteiger partial charge >= 0.3 is 12.5 Å². The molecule has 0 unspecified atom stereocenters. The number of halogens is 3. The standard InChI is InChI=1S/C15H18F3NO3/c1-14(2,3)22-13(20)19-8-11(9-19)10-4-6-12(7-5-10)21-15(16,17)18/h4-7,11H,8-9H2,1-3H3. The molecule has 1 aromatic rings. The third kappa shape index (κ3) is 4.54. The van der Waals surface area contributed by atoms with Crippen LogP contribution in [-0.4, -0.2) is 36.0 Å². The third-order valence-electron chi connectivity index (χ3n) is 3.12. The molecule has 1 fully saturated rings. The number of carbonyl (C=O) groups excluding carboxylic acids is 1. The van der Waals surface area contributed by atoms with Gasteiger partial charge in [-0.2, -0.15) is 0 Å². The molecule has 0 aliphatic carbocycles. The lowest BCUT2D eigenvalue weighted by Crippen LogP contribution is -2.50. The van der Waals surface area contributed by atoms with E-state index in [4.69, 9.17) is 4.74 Å². The Labute approximate surface area is 126 Å². The van der Waals surface area contributed by atoms with E-state index in [-0.39, 0.29) is 17.8 Å². The first-order chi connectivity index (χ1) is 10.0. The largest absolute Gasteiger partial charge is 0.573 e. The predicted molar refractivity (Wildman–Crippen MR) is 73.7 cm³/mol. The molecule has 1 aliphatic heterocycles. The molecule has 1 aromatic carbocycles. The van der Waals surface area contributed by atoms with Crippen LogP contribution in [0.5, 0.6) is 5.75 Å². The summed E-state index contributed by atoms with van der Waals surface area (Å²) >= 11 is 0. The minimum absolute atomic E-state index is 0.104. The molecule has 0 spiro atoms. The highest BCUT2D eigenvalue weighted by molar-refractivity contribution is 5.69. The fourth-order valence-electron chi connectivity index (χ4n) is 2.11.